The van der Waals surface area contributed by atoms with Crippen LogP contribution in [0.4, 0.5) is 11.4 Å². The van der Waals surface area contributed by atoms with E-state index in [1.165, 1.54) is 27.0 Å². The first-order valence-corrected chi connectivity index (χ1v) is 14.5. The first kappa shape index (κ1) is 30.0. The molecule has 2 unspecified atom stereocenters. The van der Waals surface area contributed by atoms with Crippen molar-refractivity contribution >= 4 is 23.3 Å². The molecule has 10 heteroatoms. The van der Waals surface area contributed by atoms with Crippen LogP contribution in [-0.2, 0) is 9.53 Å². The number of ether oxygens (including phenoxy) is 5. The lowest BCUT2D eigenvalue weighted by Crippen LogP contribution is -2.50. The van der Waals surface area contributed by atoms with Gasteiger partial charge in [0, 0.05) is 56.6 Å². The van der Waals surface area contributed by atoms with Crippen LogP contribution in [0.15, 0.2) is 60.7 Å². The Balaban J connectivity index is 1.31. The standard InChI is InChI=1S/C33H39N3O7/c1-22-16-31(37)34-28-19-25(10-11-27(22)28)42-21-26(20-35-12-14-36(15-13-35)24-8-6-5-7-9-24)43-33(38)23-17-29(39-2)32(41-4)30(18-23)40-3/h5-11,17-19,22,26H,12-16,20-21H2,1-4H3,(H,34,37). The number of esters is 1. The molecule has 0 saturated carbocycles. The molecule has 1 saturated heterocycles. The average molecular weight is 590 g/mol. The van der Waals surface area contributed by atoms with Gasteiger partial charge in [-0.15, -0.1) is 0 Å². The van der Waals surface area contributed by atoms with E-state index in [1.807, 2.05) is 43.3 Å². The number of anilines is 2. The largest absolute Gasteiger partial charge is 0.493 e. The Labute approximate surface area is 252 Å². The van der Waals surface area contributed by atoms with Gasteiger partial charge in [0.15, 0.2) is 11.5 Å². The predicted octanol–water partition coefficient (Wildman–Crippen LogP) is 4.58. The quantitative estimate of drug-likeness (QED) is 0.322. The molecule has 3 aromatic carbocycles. The first-order valence-electron chi connectivity index (χ1n) is 14.5. The molecule has 0 bridgehead atoms. The third-order valence-corrected chi connectivity index (χ3v) is 7.89. The van der Waals surface area contributed by atoms with Gasteiger partial charge in [-0.05, 0) is 41.8 Å². The minimum Gasteiger partial charge on any atom is -0.493 e. The summed E-state index contributed by atoms with van der Waals surface area (Å²) in [6.45, 7) is 6.02. The zero-order valence-electron chi connectivity index (χ0n) is 25.1. The zero-order valence-corrected chi connectivity index (χ0v) is 25.1. The lowest BCUT2D eigenvalue weighted by atomic mass is 9.92. The second-order valence-electron chi connectivity index (χ2n) is 10.8. The molecule has 1 fully saturated rings. The van der Waals surface area contributed by atoms with Crippen LogP contribution < -0.4 is 29.2 Å². The third-order valence-electron chi connectivity index (χ3n) is 7.89. The van der Waals surface area contributed by atoms with Crippen molar-refractivity contribution in [3.63, 3.8) is 0 Å². The molecule has 5 rings (SSSR count). The van der Waals surface area contributed by atoms with Gasteiger partial charge >= 0.3 is 5.97 Å². The molecule has 2 aliphatic rings. The molecule has 0 spiro atoms. The second kappa shape index (κ2) is 13.7. The molecular formula is C33H39N3O7. The SMILES string of the molecule is COc1cc(C(=O)OC(COc2ccc3c(c2)NC(=O)CC3C)CN2CCN(c3ccccc3)CC2)cc(OC)c1OC. The monoisotopic (exact) mass is 589 g/mol. The highest BCUT2D eigenvalue weighted by Crippen LogP contribution is 2.38. The van der Waals surface area contributed by atoms with Gasteiger partial charge in [0.25, 0.3) is 0 Å². The molecule has 1 amide bonds. The first-order chi connectivity index (χ1) is 20.9. The van der Waals surface area contributed by atoms with E-state index in [2.05, 4.69) is 27.2 Å². The Morgan fingerprint density at radius 2 is 1.63 bits per heavy atom. The number of hydrogen-bond donors (Lipinski definition) is 1. The van der Waals surface area contributed by atoms with Crippen molar-refractivity contribution < 1.29 is 33.3 Å². The van der Waals surface area contributed by atoms with Crippen LogP contribution in [-0.4, -0.2) is 83.5 Å². The zero-order chi connectivity index (χ0) is 30.3. The van der Waals surface area contributed by atoms with E-state index >= 15 is 0 Å². The van der Waals surface area contributed by atoms with Gasteiger partial charge in [-0.25, -0.2) is 4.79 Å². The fourth-order valence-electron chi connectivity index (χ4n) is 5.60. The van der Waals surface area contributed by atoms with E-state index in [4.69, 9.17) is 23.7 Å². The van der Waals surface area contributed by atoms with Gasteiger partial charge < -0.3 is 33.9 Å². The number of methoxy groups -OCH3 is 3. The Morgan fingerprint density at radius 1 is 0.930 bits per heavy atom. The van der Waals surface area contributed by atoms with Crippen LogP contribution >= 0.6 is 0 Å². The Bertz CT molecular complexity index is 1400. The smallest absolute Gasteiger partial charge is 0.338 e. The Hall–Kier alpha value is -4.44. The van der Waals surface area contributed by atoms with Crippen LogP contribution in [0, 0.1) is 0 Å². The van der Waals surface area contributed by atoms with E-state index in [9.17, 15) is 9.59 Å². The number of amides is 1. The summed E-state index contributed by atoms with van der Waals surface area (Å²) in [7, 11) is 4.51. The van der Waals surface area contributed by atoms with E-state index < -0.39 is 12.1 Å². The molecule has 43 heavy (non-hydrogen) atoms. The topological polar surface area (TPSA) is 98.8 Å². The highest BCUT2D eigenvalue weighted by atomic mass is 16.6. The second-order valence-corrected chi connectivity index (χ2v) is 10.8. The fraction of sp³-hybridized carbons (Fsp3) is 0.394. The molecular weight excluding hydrogens is 550 g/mol. The maximum Gasteiger partial charge on any atom is 0.338 e. The number of nitrogens with zero attached hydrogens (tertiary/aromatic N) is 2. The van der Waals surface area contributed by atoms with Crippen LogP contribution in [0.1, 0.15) is 35.2 Å². The maximum atomic E-state index is 13.4. The summed E-state index contributed by atoms with van der Waals surface area (Å²) in [5, 5.41) is 2.94. The third kappa shape index (κ3) is 7.14. The molecule has 2 heterocycles. The molecule has 0 aromatic heterocycles. The van der Waals surface area contributed by atoms with E-state index in [-0.39, 0.29) is 24.0 Å². The summed E-state index contributed by atoms with van der Waals surface area (Å²) in [6.07, 6.45) is -0.108. The number of carbonyl (C=O) groups is 2. The van der Waals surface area contributed by atoms with Crippen LogP contribution in [0.25, 0.3) is 0 Å². The van der Waals surface area contributed by atoms with Gasteiger partial charge in [-0.1, -0.05) is 31.2 Å². The van der Waals surface area contributed by atoms with Crippen LogP contribution in [0.3, 0.4) is 0 Å². The Morgan fingerprint density at radius 3 is 2.28 bits per heavy atom. The Kier molecular flexibility index (Phi) is 9.56. The normalized spacial score (nSPS) is 17.3. The number of carbonyl (C=O) groups excluding carboxylic acids is 2. The van der Waals surface area contributed by atoms with Crippen molar-refractivity contribution in [3.8, 4) is 23.0 Å². The number of rotatable bonds is 11. The van der Waals surface area contributed by atoms with E-state index in [1.54, 1.807) is 12.1 Å². The minimum absolute atomic E-state index is 0.0102. The number of nitrogens with one attached hydrogen (secondary N) is 1. The molecule has 10 nitrogen and oxygen atoms in total. The van der Waals surface area contributed by atoms with Gasteiger partial charge in [-0.2, -0.15) is 0 Å². The molecule has 0 radical (unpaired) electrons. The number of piperazine rings is 1. The predicted molar refractivity (Wildman–Crippen MR) is 164 cm³/mol. The van der Waals surface area contributed by atoms with Crippen molar-refractivity contribution in [2.75, 3.05) is 70.9 Å². The van der Waals surface area contributed by atoms with Crippen LogP contribution in [0.5, 0.6) is 23.0 Å². The molecule has 3 aromatic rings. The summed E-state index contributed by atoms with van der Waals surface area (Å²) < 4.78 is 28.5. The summed E-state index contributed by atoms with van der Waals surface area (Å²) in [5.74, 6) is 1.32. The number of benzene rings is 3. The van der Waals surface area contributed by atoms with Gasteiger partial charge in [0.1, 0.15) is 18.5 Å². The van der Waals surface area contributed by atoms with E-state index in [0.29, 0.717) is 36.0 Å². The molecule has 2 atom stereocenters. The summed E-state index contributed by atoms with van der Waals surface area (Å²) in [4.78, 5) is 30.2. The summed E-state index contributed by atoms with van der Waals surface area (Å²) in [5.41, 5.74) is 3.31. The van der Waals surface area contributed by atoms with Crippen molar-refractivity contribution in [3.05, 3.63) is 71.8 Å². The van der Waals surface area contributed by atoms with E-state index in [0.717, 1.165) is 37.4 Å². The van der Waals surface area contributed by atoms with Gasteiger partial charge in [0.05, 0.1) is 26.9 Å². The van der Waals surface area contributed by atoms with Crippen molar-refractivity contribution in [1.29, 1.82) is 0 Å². The van der Waals surface area contributed by atoms with Crippen LogP contribution in [0.2, 0.25) is 0 Å². The average Bonchev–Trinajstić information content (AvgIpc) is 3.03. The van der Waals surface area contributed by atoms with Crippen molar-refractivity contribution in [2.45, 2.75) is 25.4 Å². The number of fused-ring (bicyclic) bond motifs is 1. The van der Waals surface area contributed by atoms with Gasteiger partial charge in [-0.3, -0.25) is 9.69 Å². The fourth-order valence-corrected chi connectivity index (χ4v) is 5.60. The highest BCUT2D eigenvalue weighted by molar-refractivity contribution is 5.95. The maximum absolute atomic E-state index is 13.4. The number of para-hydroxylation sites is 1. The van der Waals surface area contributed by atoms with Crippen molar-refractivity contribution in [1.82, 2.24) is 4.90 Å². The summed E-state index contributed by atoms with van der Waals surface area (Å²) >= 11 is 0. The molecule has 0 aliphatic carbocycles. The minimum atomic E-state index is -0.570. The molecule has 228 valence electrons. The number of hydrogen-bond acceptors (Lipinski definition) is 9. The lowest BCUT2D eigenvalue weighted by Gasteiger charge is -2.37. The summed E-state index contributed by atoms with van der Waals surface area (Å²) in [6, 6.07) is 19.2. The lowest BCUT2D eigenvalue weighted by molar-refractivity contribution is -0.116. The molecule has 1 N–H and O–H groups in total. The highest BCUT2D eigenvalue weighted by Gasteiger charge is 2.26. The van der Waals surface area contributed by atoms with Crippen molar-refractivity contribution in [2.24, 2.45) is 0 Å². The van der Waals surface area contributed by atoms with Gasteiger partial charge in [0.2, 0.25) is 11.7 Å². The molecule has 2 aliphatic heterocycles.